The summed E-state index contributed by atoms with van der Waals surface area (Å²) < 4.78 is 5.72. The number of nitrogens with zero attached hydrogens (tertiary/aromatic N) is 1. The maximum absolute atomic E-state index is 5.86. The van der Waals surface area contributed by atoms with Crippen molar-refractivity contribution in [2.45, 2.75) is 6.92 Å². The molecule has 90 valence electrons. The van der Waals surface area contributed by atoms with Crippen LogP contribution in [0.2, 0.25) is 0 Å². The van der Waals surface area contributed by atoms with E-state index < -0.39 is 0 Å². The van der Waals surface area contributed by atoms with Crippen molar-refractivity contribution < 1.29 is 4.42 Å². The van der Waals surface area contributed by atoms with E-state index in [4.69, 9.17) is 15.9 Å². The first-order valence-corrected chi connectivity index (χ1v) is 5.66. The molecule has 0 atom stereocenters. The van der Waals surface area contributed by atoms with Crippen LogP contribution < -0.4 is 11.5 Å². The first-order chi connectivity index (χ1) is 8.65. The molecular weight excluding hydrogens is 226 g/mol. The zero-order chi connectivity index (χ0) is 12.7. The Balaban J connectivity index is 2.23. The van der Waals surface area contributed by atoms with Gasteiger partial charge in [-0.15, -0.1) is 0 Å². The third-order valence-corrected chi connectivity index (χ3v) is 2.99. The minimum Gasteiger partial charge on any atom is -0.436 e. The average molecular weight is 239 g/mol. The lowest BCUT2D eigenvalue weighted by atomic mass is 10.2. The Morgan fingerprint density at radius 3 is 2.72 bits per heavy atom. The van der Waals surface area contributed by atoms with Crippen LogP contribution in [0.5, 0.6) is 0 Å². The molecule has 3 aromatic rings. The second kappa shape index (κ2) is 3.77. The Bertz CT molecular complexity index is 731. The molecule has 3 rings (SSSR count). The third-order valence-electron chi connectivity index (χ3n) is 2.99. The van der Waals surface area contributed by atoms with E-state index in [-0.39, 0.29) is 0 Å². The van der Waals surface area contributed by atoms with Gasteiger partial charge in [-0.05, 0) is 37.3 Å². The highest BCUT2D eigenvalue weighted by Gasteiger charge is 2.11. The SMILES string of the molecule is Cc1c(N)ccc2oc(-c3cccc(N)c3)nc12. The van der Waals surface area contributed by atoms with Gasteiger partial charge in [0.2, 0.25) is 5.89 Å². The van der Waals surface area contributed by atoms with Gasteiger partial charge in [0.05, 0.1) is 0 Å². The van der Waals surface area contributed by atoms with E-state index in [0.717, 1.165) is 27.9 Å². The number of hydrogen-bond acceptors (Lipinski definition) is 4. The first kappa shape index (κ1) is 10.7. The predicted octanol–water partition coefficient (Wildman–Crippen LogP) is 2.97. The monoisotopic (exact) mass is 239 g/mol. The van der Waals surface area contributed by atoms with Crippen molar-refractivity contribution in [3.63, 3.8) is 0 Å². The van der Waals surface area contributed by atoms with E-state index >= 15 is 0 Å². The summed E-state index contributed by atoms with van der Waals surface area (Å²) in [6.07, 6.45) is 0. The number of anilines is 2. The minimum absolute atomic E-state index is 0.561. The quantitative estimate of drug-likeness (QED) is 0.640. The van der Waals surface area contributed by atoms with Gasteiger partial charge in [-0.3, -0.25) is 0 Å². The fourth-order valence-electron chi connectivity index (χ4n) is 1.94. The van der Waals surface area contributed by atoms with Gasteiger partial charge in [0.15, 0.2) is 5.58 Å². The van der Waals surface area contributed by atoms with Gasteiger partial charge in [0.1, 0.15) is 5.52 Å². The number of fused-ring (bicyclic) bond motifs is 1. The summed E-state index contributed by atoms with van der Waals surface area (Å²) in [5.41, 5.74) is 16.3. The molecule has 2 aromatic carbocycles. The summed E-state index contributed by atoms with van der Waals surface area (Å²) >= 11 is 0. The Morgan fingerprint density at radius 1 is 1.11 bits per heavy atom. The molecule has 4 N–H and O–H groups in total. The number of hydrogen-bond donors (Lipinski definition) is 2. The number of benzene rings is 2. The molecule has 0 aliphatic rings. The van der Waals surface area contributed by atoms with Gasteiger partial charge in [0, 0.05) is 22.5 Å². The highest BCUT2D eigenvalue weighted by Crippen LogP contribution is 2.29. The standard InChI is InChI=1S/C14H13N3O/c1-8-11(16)5-6-12-13(8)17-14(18-12)9-3-2-4-10(15)7-9/h2-7H,15-16H2,1H3. The molecule has 0 spiro atoms. The van der Waals surface area contributed by atoms with Crippen LogP contribution in [0.25, 0.3) is 22.6 Å². The summed E-state index contributed by atoms with van der Waals surface area (Å²) in [5, 5.41) is 0. The van der Waals surface area contributed by atoms with Crippen LogP contribution in [-0.2, 0) is 0 Å². The molecule has 1 aromatic heterocycles. The molecule has 0 aliphatic heterocycles. The molecule has 4 heteroatoms. The van der Waals surface area contributed by atoms with Gasteiger partial charge in [-0.2, -0.15) is 0 Å². The molecule has 0 saturated carbocycles. The molecule has 0 amide bonds. The maximum Gasteiger partial charge on any atom is 0.227 e. The van der Waals surface area contributed by atoms with Crippen molar-refractivity contribution in [1.29, 1.82) is 0 Å². The number of nitrogens with two attached hydrogens (primary N) is 2. The van der Waals surface area contributed by atoms with Crippen LogP contribution in [0.4, 0.5) is 11.4 Å². The van der Waals surface area contributed by atoms with E-state index in [2.05, 4.69) is 4.98 Å². The second-order valence-corrected chi connectivity index (χ2v) is 4.27. The lowest BCUT2D eigenvalue weighted by Crippen LogP contribution is -1.89. The molecule has 0 fully saturated rings. The molecule has 0 bridgehead atoms. The van der Waals surface area contributed by atoms with Crippen molar-refractivity contribution in [2.24, 2.45) is 0 Å². The lowest BCUT2D eigenvalue weighted by Gasteiger charge is -1.97. The number of nitrogen functional groups attached to an aromatic ring is 2. The van der Waals surface area contributed by atoms with Crippen LogP contribution in [0.1, 0.15) is 5.56 Å². The van der Waals surface area contributed by atoms with E-state index in [1.807, 2.05) is 43.3 Å². The maximum atomic E-state index is 5.86. The van der Waals surface area contributed by atoms with Crippen LogP contribution in [0, 0.1) is 6.92 Å². The van der Waals surface area contributed by atoms with E-state index in [1.54, 1.807) is 0 Å². The van der Waals surface area contributed by atoms with E-state index in [1.165, 1.54) is 0 Å². The Labute approximate surface area is 104 Å². The van der Waals surface area contributed by atoms with Crippen molar-refractivity contribution in [3.05, 3.63) is 42.0 Å². The van der Waals surface area contributed by atoms with Gasteiger partial charge < -0.3 is 15.9 Å². The van der Waals surface area contributed by atoms with Crippen molar-refractivity contribution in [1.82, 2.24) is 4.98 Å². The van der Waals surface area contributed by atoms with Crippen molar-refractivity contribution in [2.75, 3.05) is 11.5 Å². The molecule has 18 heavy (non-hydrogen) atoms. The fourth-order valence-corrected chi connectivity index (χ4v) is 1.94. The lowest BCUT2D eigenvalue weighted by molar-refractivity contribution is 0.620. The smallest absolute Gasteiger partial charge is 0.227 e. The number of oxazole rings is 1. The highest BCUT2D eigenvalue weighted by atomic mass is 16.3. The summed E-state index contributed by atoms with van der Waals surface area (Å²) in [6.45, 7) is 1.93. The summed E-state index contributed by atoms with van der Waals surface area (Å²) in [4.78, 5) is 4.48. The Hall–Kier alpha value is -2.49. The topological polar surface area (TPSA) is 78.1 Å². The van der Waals surface area contributed by atoms with Gasteiger partial charge in [-0.25, -0.2) is 4.98 Å². The van der Waals surface area contributed by atoms with Gasteiger partial charge in [-0.1, -0.05) is 6.07 Å². The third kappa shape index (κ3) is 1.59. The molecule has 0 radical (unpaired) electrons. The summed E-state index contributed by atoms with van der Waals surface area (Å²) in [6, 6.07) is 11.1. The predicted molar refractivity (Wildman–Crippen MR) is 73.0 cm³/mol. The van der Waals surface area contributed by atoms with E-state index in [0.29, 0.717) is 11.6 Å². The second-order valence-electron chi connectivity index (χ2n) is 4.27. The molecular formula is C14H13N3O. The minimum atomic E-state index is 0.561. The van der Waals surface area contributed by atoms with Crippen LogP contribution in [-0.4, -0.2) is 4.98 Å². The van der Waals surface area contributed by atoms with Crippen molar-refractivity contribution in [3.8, 4) is 11.5 Å². The zero-order valence-electron chi connectivity index (χ0n) is 9.97. The van der Waals surface area contributed by atoms with Crippen LogP contribution >= 0.6 is 0 Å². The normalized spacial score (nSPS) is 10.9. The molecule has 0 unspecified atom stereocenters. The van der Waals surface area contributed by atoms with Crippen molar-refractivity contribution >= 4 is 22.5 Å². The van der Waals surface area contributed by atoms with Crippen LogP contribution in [0.3, 0.4) is 0 Å². The number of aromatic nitrogens is 1. The Kier molecular flexibility index (Phi) is 2.23. The number of aryl methyl sites for hydroxylation is 1. The number of rotatable bonds is 1. The fraction of sp³-hybridized carbons (Fsp3) is 0.0714. The summed E-state index contributed by atoms with van der Waals surface area (Å²) in [5.74, 6) is 0.561. The largest absolute Gasteiger partial charge is 0.436 e. The Morgan fingerprint density at radius 2 is 1.94 bits per heavy atom. The molecule has 0 aliphatic carbocycles. The molecule has 4 nitrogen and oxygen atoms in total. The van der Waals surface area contributed by atoms with Gasteiger partial charge in [0.25, 0.3) is 0 Å². The molecule has 1 heterocycles. The van der Waals surface area contributed by atoms with Gasteiger partial charge >= 0.3 is 0 Å². The first-order valence-electron chi connectivity index (χ1n) is 5.66. The zero-order valence-corrected chi connectivity index (χ0v) is 9.97. The molecule has 0 saturated heterocycles. The van der Waals surface area contributed by atoms with Crippen LogP contribution in [0.15, 0.2) is 40.8 Å². The highest BCUT2D eigenvalue weighted by molar-refractivity contribution is 5.84. The van der Waals surface area contributed by atoms with E-state index in [9.17, 15) is 0 Å². The average Bonchev–Trinajstić information content (AvgIpc) is 2.79. The summed E-state index contributed by atoms with van der Waals surface area (Å²) in [7, 11) is 0.